The summed E-state index contributed by atoms with van der Waals surface area (Å²) >= 11 is 0. The van der Waals surface area contributed by atoms with E-state index >= 15 is 0 Å². The maximum atomic E-state index is 11.6. The van der Waals surface area contributed by atoms with Gasteiger partial charge in [-0.15, -0.1) is 0 Å². The van der Waals surface area contributed by atoms with E-state index in [-0.39, 0.29) is 37.3 Å². The number of phosphoric acid groups is 1. The van der Waals surface area contributed by atoms with Gasteiger partial charge in [-0.2, -0.15) is 4.98 Å². The Morgan fingerprint density at radius 3 is 2.54 bits per heavy atom. The van der Waals surface area contributed by atoms with Crippen molar-refractivity contribution in [2.24, 2.45) is 11.7 Å². The second-order valence-electron chi connectivity index (χ2n) is 5.83. The number of imidazole rings is 1. The van der Waals surface area contributed by atoms with E-state index < -0.39 is 25.4 Å². The zero-order valence-corrected chi connectivity index (χ0v) is 16.1. The van der Waals surface area contributed by atoms with Crippen molar-refractivity contribution in [1.29, 1.82) is 0 Å². The Morgan fingerprint density at radius 2 is 1.96 bits per heavy atom. The monoisotopic (exact) mass is 422 g/mol. The minimum Gasteiger partial charge on any atom is -0.462 e. The van der Waals surface area contributed by atoms with Crippen LogP contribution in [-0.4, -0.2) is 59.4 Å². The molecule has 0 fully saturated rings. The maximum Gasteiger partial charge on any atom is 0.466 e. The lowest BCUT2D eigenvalue weighted by Gasteiger charge is -2.14. The second-order valence-corrected chi connectivity index (χ2v) is 6.85. The highest BCUT2D eigenvalue weighted by molar-refractivity contribution is 7.45. The van der Waals surface area contributed by atoms with E-state index in [1.165, 1.54) is 10.9 Å². The van der Waals surface area contributed by atoms with E-state index in [0.717, 1.165) is 0 Å². The van der Waals surface area contributed by atoms with Crippen LogP contribution >= 0.6 is 7.82 Å². The van der Waals surface area contributed by atoms with Gasteiger partial charge in [0.2, 0.25) is 5.95 Å². The molecule has 2 aromatic rings. The number of aromatic amines is 1. The highest BCUT2D eigenvalue weighted by Gasteiger charge is 2.18. The average Bonchev–Trinajstić information content (AvgIpc) is 2.95. The predicted octanol–water partition coefficient (Wildman–Crippen LogP) is -1.73. The Kier molecular flexibility index (Phi) is 8.68. The molecular weight excluding hydrogens is 399 g/mol. The minimum absolute atomic E-state index is 0.000790. The fourth-order valence-corrected chi connectivity index (χ4v) is 1.80. The van der Waals surface area contributed by atoms with Gasteiger partial charge in [0.15, 0.2) is 11.2 Å². The first-order chi connectivity index (χ1) is 12.9. The number of hydrogen-bond donors (Lipinski definition) is 6. The first-order valence-corrected chi connectivity index (χ1v) is 9.45. The first-order valence-electron chi connectivity index (χ1n) is 7.89. The molecule has 0 aromatic carbocycles. The Bertz CT molecular complexity index is 883. The molecule has 0 spiro atoms. The number of fused-ring (bicyclic) bond motifs is 1. The molecule has 2 aromatic heterocycles. The molecule has 0 aliphatic rings. The van der Waals surface area contributed by atoms with Crippen LogP contribution < -0.4 is 17.0 Å². The van der Waals surface area contributed by atoms with Crippen LogP contribution in [0.1, 0.15) is 13.8 Å². The van der Waals surface area contributed by atoms with Gasteiger partial charge in [0.1, 0.15) is 19.4 Å². The van der Waals surface area contributed by atoms with Crippen LogP contribution in [0.4, 0.5) is 5.95 Å². The van der Waals surface area contributed by atoms with E-state index in [9.17, 15) is 9.59 Å². The number of rotatable bonds is 7. The smallest absolute Gasteiger partial charge is 0.462 e. The largest absolute Gasteiger partial charge is 0.466 e. The Balaban J connectivity index is 0.000000696. The number of aromatic nitrogens is 4. The van der Waals surface area contributed by atoms with Crippen molar-refractivity contribution in [3.05, 3.63) is 16.7 Å². The number of carbonyl (C=O) groups excluding carboxylic acids is 1. The molecule has 28 heavy (non-hydrogen) atoms. The molecule has 2 heterocycles. The molecule has 15 heteroatoms. The van der Waals surface area contributed by atoms with Crippen LogP contribution in [-0.2, 0) is 25.6 Å². The molecule has 0 saturated heterocycles. The third-order valence-corrected chi connectivity index (χ3v) is 3.19. The van der Waals surface area contributed by atoms with E-state index in [1.807, 2.05) is 13.8 Å². The maximum absolute atomic E-state index is 11.6. The lowest BCUT2D eigenvalue weighted by atomic mass is 10.1. The number of hydrogen-bond acceptors (Lipinski definition) is 9. The van der Waals surface area contributed by atoms with E-state index in [1.54, 1.807) is 0 Å². The molecule has 0 saturated carbocycles. The van der Waals surface area contributed by atoms with Crippen LogP contribution in [0.15, 0.2) is 11.1 Å². The molecule has 0 bridgehead atoms. The van der Waals surface area contributed by atoms with Crippen LogP contribution in [0.25, 0.3) is 11.2 Å². The molecule has 0 aliphatic heterocycles. The highest BCUT2D eigenvalue weighted by atomic mass is 31.2. The zero-order valence-electron chi connectivity index (χ0n) is 15.2. The van der Waals surface area contributed by atoms with Crippen molar-refractivity contribution < 1.29 is 33.5 Å². The summed E-state index contributed by atoms with van der Waals surface area (Å²) in [7, 11) is -4.64. The van der Waals surface area contributed by atoms with Gasteiger partial charge in [-0.25, -0.2) is 9.55 Å². The summed E-state index contributed by atoms with van der Waals surface area (Å²) in [5, 5.41) is 0. The van der Waals surface area contributed by atoms with Crippen molar-refractivity contribution in [2.75, 3.05) is 18.9 Å². The number of ether oxygens (including phenoxy) is 2. The standard InChI is InChI=1S/C13H20N6O4.H3O4P/c1-7(2)8(14)12(21)23-4-3-22-6-19-5-16-9-10(19)17-13(15)18-11(9)20;1-5(2,3)4/h5,7-8H,3-4,6,14H2,1-2H3,(H3,15,17,18,20);(H3,1,2,3,4)/t8-;/m0./s1. The van der Waals surface area contributed by atoms with Gasteiger partial charge in [0.05, 0.1) is 12.9 Å². The van der Waals surface area contributed by atoms with Crippen LogP contribution in [0.2, 0.25) is 0 Å². The molecule has 158 valence electrons. The number of esters is 1. The van der Waals surface area contributed by atoms with E-state index in [4.69, 9.17) is 40.2 Å². The summed E-state index contributed by atoms with van der Waals surface area (Å²) in [4.78, 5) is 55.0. The molecule has 0 aliphatic carbocycles. The molecule has 14 nitrogen and oxygen atoms in total. The number of anilines is 1. The lowest BCUT2D eigenvalue weighted by molar-refractivity contribution is -0.148. The predicted molar refractivity (Wildman–Crippen MR) is 96.5 cm³/mol. The Hall–Kier alpha value is -2.35. The molecule has 0 unspecified atom stereocenters. The average molecular weight is 422 g/mol. The van der Waals surface area contributed by atoms with Gasteiger partial charge in [-0.3, -0.25) is 19.1 Å². The lowest BCUT2D eigenvalue weighted by Crippen LogP contribution is -2.37. The fraction of sp³-hybridized carbons (Fsp3) is 0.538. The van der Waals surface area contributed by atoms with Gasteiger partial charge in [-0.1, -0.05) is 13.8 Å². The Morgan fingerprint density at radius 1 is 1.36 bits per heavy atom. The zero-order chi connectivity index (χ0) is 21.5. The summed E-state index contributed by atoms with van der Waals surface area (Å²) in [5.41, 5.74) is 11.2. The number of nitrogens with zero attached hydrogens (tertiary/aromatic N) is 3. The van der Waals surface area contributed by atoms with Crippen LogP contribution in [0, 0.1) is 5.92 Å². The van der Waals surface area contributed by atoms with Gasteiger partial charge in [0.25, 0.3) is 5.56 Å². The molecule has 1 atom stereocenters. The van der Waals surface area contributed by atoms with Gasteiger partial charge < -0.3 is 35.6 Å². The number of nitrogen functional groups attached to an aromatic ring is 1. The number of nitrogens with two attached hydrogens (primary N) is 2. The highest BCUT2D eigenvalue weighted by Crippen LogP contribution is 2.25. The number of nitrogens with one attached hydrogen (secondary N) is 1. The molecule has 8 N–H and O–H groups in total. The quantitative estimate of drug-likeness (QED) is 0.166. The first kappa shape index (κ1) is 23.7. The summed E-state index contributed by atoms with van der Waals surface area (Å²) in [6.07, 6.45) is 1.42. The second kappa shape index (κ2) is 10.3. The molecular formula is C13H23N6O8P. The van der Waals surface area contributed by atoms with Crippen LogP contribution in [0.3, 0.4) is 0 Å². The third kappa shape index (κ3) is 8.12. The van der Waals surface area contributed by atoms with Crippen molar-refractivity contribution in [3.8, 4) is 0 Å². The number of carbonyl (C=O) groups is 1. The topological polar surface area (TPSA) is 229 Å². The van der Waals surface area contributed by atoms with Crippen LogP contribution in [0.5, 0.6) is 0 Å². The molecule has 2 rings (SSSR count). The SMILES string of the molecule is CC(C)[C@H](N)C(=O)OCCOCn1cnc2c(=O)[nH]c(N)nc21.O=P(O)(O)O. The van der Waals surface area contributed by atoms with Gasteiger partial charge in [-0.05, 0) is 5.92 Å². The summed E-state index contributed by atoms with van der Waals surface area (Å²) < 4.78 is 20.8. The Labute approximate surface area is 158 Å². The van der Waals surface area contributed by atoms with E-state index in [2.05, 4.69) is 15.0 Å². The molecule has 0 amide bonds. The summed E-state index contributed by atoms with van der Waals surface area (Å²) in [6.45, 7) is 4.04. The summed E-state index contributed by atoms with van der Waals surface area (Å²) in [5.74, 6) is -0.450. The van der Waals surface area contributed by atoms with Crippen molar-refractivity contribution in [2.45, 2.75) is 26.6 Å². The molecule has 0 radical (unpaired) electrons. The third-order valence-electron chi connectivity index (χ3n) is 3.19. The minimum atomic E-state index is -4.64. The van der Waals surface area contributed by atoms with Crippen molar-refractivity contribution in [3.63, 3.8) is 0 Å². The van der Waals surface area contributed by atoms with Crippen molar-refractivity contribution >= 4 is 30.9 Å². The summed E-state index contributed by atoms with van der Waals surface area (Å²) in [6, 6.07) is -0.647. The normalized spacial score (nSPS) is 12.5. The van der Waals surface area contributed by atoms with Crippen molar-refractivity contribution in [1.82, 2.24) is 19.5 Å². The fourth-order valence-electron chi connectivity index (χ4n) is 1.80. The van der Waals surface area contributed by atoms with Gasteiger partial charge in [0, 0.05) is 0 Å². The van der Waals surface area contributed by atoms with Gasteiger partial charge >= 0.3 is 13.8 Å². The van der Waals surface area contributed by atoms with E-state index in [0.29, 0.717) is 5.65 Å². The number of H-pyrrole nitrogens is 1.